The van der Waals surface area contributed by atoms with Crippen LogP contribution < -0.4 is 5.32 Å². The van der Waals surface area contributed by atoms with Gasteiger partial charge in [-0.15, -0.1) is 0 Å². The molecule has 0 radical (unpaired) electrons. The van der Waals surface area contributed by atoms with E-state index in [1.807, 2.05) is 47.1 Å². The summed E-state index contributed by atoms with van der Waals surface area (Å²) in [6, 6.07) is 15.9. The lowest BCUT2D eigenvalue weighted by atomic mass is 10.1. The molecule has 2 unspecified atom stereocenters. The molecule has 2 aromatic carbocycles. The average Bonchev–Trinajstić information content (AvgIpc) is 3.09. The zero-order valence-corrected chi connectivity index (χ0v) is 21.2. The molecule has 188 valence electrons. The van der Waals surface area contributed by atoms with Gasteiger partial charge in [0, 0.05) is 57.9 Å². The second-order valence-electron chi connectivity index (χ2n) is 9.88. The van der Waals surface area contributed by atoms with E-state index in [1.165, 1.54) is 5.56 Å². The van der Waals surface area contributed by atoms with Crippen LogP contribution in [0.5, 0.6) is 0 Å². The van der Waals surface area contributed by atoms with Crippen molar-refractivity contribution in [1.29, 1.82) is 0 Å². The predicted octanol–water partition coefficient (Wildman–Crippen LogP) is 3.66. The van der Waals surface area contributed by atoms with E-state index in [-0.39, 0.29) is 24.1 Å². The lowest BCUT2D eigenvalue weighted by molar-refractivity contribution is -0.0705. The molecule has 2 fully saturated rings. The van der Waals surface area contributed by atoms with Crippen molar-refractivity contribution in [1.82, 2.24) is 20.0 Å². The van der Waals surface area contributed by atoms with Crippen LogP contribution in [-0.4, -0.2) is 78.1 Å². The van der Waals surface area contributed by atoms with Crippen LogP contribution in [0.3, 0.4) is 0 Å². The number of hydrogen-bond donors (Lipinski definition) is 1. The Hall–Kier alpha value is -2.90. The van der Waals surface area contributed by atoms with Gasteiger partial charge in [-0.05, 0) is 50.5 Å². The number of nitrogens with zero attached hydrogens (tertiary/aromatic N) is 3. The highest BCUT2D eigenvalue weighted by Crippen LogP contribution is 2.17. The minimum atomic E-state index is -0.0710. The molecule has 7 heteroatoms. The van der Waals surface area contributed by atoms with Gasteiger partial charge in [0.05, 0.1) is 12.2 Å². The summed E-state index contributed by atoms with van der Waals surface area (Å²) in [6.07, 6.45) is 1.23. The molecule has 0 aromatic heterocycles. The molecule has 3 amide bonds. The summed E-state index contributed by atoms with van der Waals surface area (Å²) < 4.78 is 5.86. The number of nitrogens with one attached hydrogen (secondary N) is 1. The van der Waals surface area contributed by atoms with Crippen molar-refractivity contribution in [3.8, 4) is 0 Å². The highest BCUT2D eigenvalue weighted by Gasteiger charge is 2.24. The quantitative estimate of drug-likeness (QED) is 0.712. The van der Waals surface area contributed by atoms with Gasteiger partial charge >= 0.3 is 6.03 Å². The summed E-state index contributed by atoms with van der Waals surface area (Å²) in [7, 11) is 0. The van der Waals surface area contributed by atoms with Crippen LogP contribution in [-0.2, 0) is 17.8 Å². The first-order valence-corrected chi connectivity index (χ1v) is 12.7. The molecule has 4 rings (SSSR count). The fourth-order valence-electron chi connectivity index (χ4n) is 5.11. The molecule has 2 heterocycles. The molecular weight excluding hydrogens is 440 g/mol. The molecular formula is C28H38N4O3. The summed E-state index contributed by atoms with van der Waals surface area (Å²) in [6.45, 7) is 11.8. The fraction of sp³-hybridized carbons (Fsp3) is 0.500. The molecule has 2 aliphatic rings. The Morgan fingerprint density at radius 2 is 1.60 bits per heavy atom. The van der Waals surface area contributed by atoms with Crippen molar-refractivity contribution in [2.45, 2.75) is 52.5 Å². The standard InChI is InChI=1S/C28H38N4O3/c1-21-8-6-11-24(16-21)27(33)31-12-7-13-32(15-14-31)28(34)29-17-25-9-4-5-10-26(25)20-30-18-22(2)35-23(3)19-30/h4-6,8-11,16,22-23H,7,12-15,17-20H2,1-3H3,(H,29,34). The lowest BCUT2D eigenvalue weighted by Gasteiger charge is -2.35. The van der Waals surface area contributed by atoms with Crippen molar-refractivity contribution in [3.05, 3.63) is 70.8 Å². The number of rotatable bonds is 5. The second-order valence-corrected chi connectivity index (χ2v) is 9.88. The Labute approximate surface area is 209 Å². The topological polar surface area (TPSA) is 65.1 Å². The molecule has 0 spiro atoms. The predicted molar refractivity (Wildman–Crippen MR) is 137 cm³/mol. The maximum absolute atomic E-state index is 13.0. The van der Waals surface area contributed by atoms with E-state index in [0.29, 0.717) is 38.3 Å². The number of aryl methyl sites for hydroxylation is 1. The third kappa shape index (κ3) is 6.83. The Morgan fingerprint density at radius 3 is 2.34 bits per heavy atom. The number of carbonyl (C=O) groups is 2. The summed E-state index contributed by atoms with van der Waals surface area (Å²) >= 11 is 0. The Kier molecular flexibility index (Phi) is 8.42. The molecule has 0 bridgehead atoms. The molecule has 2 saturated heterocycles. The summed E-state index contributed by atoms with van der Waals surface area (Å²) in [5, 5.41) is 3.12. The number of carbonyl (C=O) groups excluding carboxylic acids is 2. The van der Waals surface area contributed by atoms with Crippen LogP contribution in [0, 0.1) is 6.92 Å². The van der Waals surface area contributed by atoms with Gasteiger partial charge in [0.1, 0.15) is 0 Å². The third-order valence-corrected chi connectivity index (χ3v) is 6.77. The number of urea groups is 1. The Balaban J connectivity index is 1.31. The van der Waals surface area contributed by atoms with E-state index < -0.39 is 0 Å². The van der Waals surface area contributed by atoms with Crippen molar-refractivity contribution in [2.75, 3.05) is 39.3 Å². The molecule has 2 aliphatic heterocycles. The molecule has 0 saturated carbocycles. The molecule has 1 N–H and O–H groups in total. The fourth-order valence-corrected chi connectivity index (χ4v) is 5.11. The van der Waals surface area contributed by atoms with Crippen LogP contribution in [0.15, 0.2) is 48.5 Å². The highest BCUT2D eigenvalue weighted by atomic mass is 16.5. The largest absolute Gasteiger partial charge is 0.373 e. The second kappa shape index (κ2) is 11.7. The number of hydrogen-bond acceptors (Lipinski definition) is 4. The lowest BCUT2D eigenvalue weighted by Crippen LogP contribution is -2.45. The van der Waals surface area contributed by atoms with E-state index in [2.05, 4.69) is 42.3 Å². The number of ether oxygens (including phenoxy) is 1. The molecule has 2 aromatic rings. The van der Waals surface area contributed by atoms with Gasteiger partial charge < -0.3 is 19.9 Å². The first-order chi connectivity index (χ1) is 16.9. The van der Waals surface area contributed by atoms with Crippen molar-refractivity contribution in [2.24, 2.45) is 0 Å². The van der Waals surface area contributed by atoms with Crippen LogP contribution in [0.25, 0.3) is 0 Å². The normalized spacial score (nSPS) is 21.5. The van der Waals surface area contributed by atoms with Crippen molar-refractivity contribution < 1.29 is 14.3 Å². The first kappa shape index (κ1) is 25.2. The Morgan fingerprint density at radius 1 is 0.914 bits per heavy atom. The van der Waals surface area contributed by atoms with Crippen LogP contribution in [0.1, 0.15) is 47.3 Å². The zero-order chi connectivity index (χ0) is 24.8. The smallest absolute Gasteiger partial charge is 0.317 e. The van der Waals surface area contributed by atoms with Crippen LogP contribution >= 0.6 is 0 Å². The van der Waals surface area contributed by atoms with Gasteiger partial charge in [-0.25, -0.2) is 4.79 Å². The van der Waals surface area contributed by atoms with E-state index in [0.717, 1.165) is 37.2 Å². The maximum Gasteiger partial charge on any atom is 0.317 e. The van der Waals surface area contributed by atoms with Crippen molar-refractivity contribution in [3.63, 3.8) is 0 Å². The molecule has 35 heavy (non-hydrogen) atoms. The first-order valence-electron chi connectivity index (χ1n) is 12.7. The van der Waals surface area contributed by atoms with Crippen molar-refractivity contribution >= 4 is 11.9 Å². The average molecular weight is 479 g/mol. The summed E-state index contributed by atoms with van der Waals surface area (Å²) in [5.41, 5.74) is 4.16. The van der Waals surface area contributed by atoms with E-state index in [1.54, 1.807) is 0 Å². The van der Waals surface area contributed by atoms with Gasteiger partial charge in [-0.1, -0.05) is 42.0 Å². The Bertz CT molecular complexity index is 1020. The van der Waals surface area contributed by atoms with Gasteiger partial charge in [-0.3, -0.25) is 9.69 Å². The van der Waals surface area contributed by atoms with E-state index in [4.69, 9.17) is 4.74 Å². The van der Waals surface area contributed by atoms with E-state index in [9.17, 15) is 9.59 Å². The highest BCUT2D eigenvalue weighted by molar-refractivity contribution is 5.94. The van der Waals surface area contributed by atoms with Gasteiger partial charge in [0.15, 0.2) is 0 Å². The van der Waals surface area contributed by atoms with Gasteiger partial charge in [0.2, 0.25) is 0 Å². The number of amides is 3. The van der Waals surface area contributed by atoms with Gasteiger partial charge in [0.25, 0.3) is 5.91 Å². The monoisotopic (exact) mass is 478 g/mol. The molecule has 0 aliphatic carbocycles. The van der Waals surface area contributed by atoms with Crippen LogP contribution in [0.2, 0.25) is 0 Å². The molecule has 7 nitrogen and oxygen atoms in total. The number of morpholine rings is 1. The zero-order valence-electron chi connectivity index (χ0n) is 21.2. The minimum Gasteiger partial charge on any atom is -0.373 e. The SMILES string of the molecule is Cc1cccc(C(=O)N2CCCN(C(=O)NCc3ccccc3CN3CC(C)OC(C)C3)CC2)c1. The summed E-state index contributed by atoms with van der Waals surface area (Å²) in [5.74, 6) is 0.0386. The summed E-state index contributed by atoms with van der Waals surface area (Å²) in [4.78, 5) is 32.0. The third-order valence-electron chi connectivity index (χ3n) is 6.77. The van der Waals surface area contributed by atoms with Gasteiger partial charge in [-0.2, -0.15) is 0 Å². The van der Waals surface area contributed by atoms with Crippen LogP contribution in [0.4, 0.5) is 4.79 Å². The minimum absolute atomic E-state index is 0.0386. The van der Waals surface area contributed by atoms with E-state index >= 15 is 0 Å². The number of benzene rings is 2. The maximum atomic E-state index is 13.0. The molecule has 2 atom stereocenters.